The first kappa shape index (κ1) is 15.3. The molecule has 20 heavy (non-hydrogen) atoms. The number of ether oxygens (including phenoxy) is 1. The van der Waals surface area contributed by atoms with Crippen LogP contribution in [0.1, 0.15) is 46.2 Å². The number of nitrogens with zero attached hydrogens (tertiary/aromatic N) is 2. The van der Waals surface area contributed by atoms with E-state index in [2.05, 4.69) is 36.0 Å². The molecule has 1 aliphatic rings. The highest BCUT2D eigenvalue weighted by molar-refractivity contribution is 5.28. The van der Waals surface area contributed by atoms with Gasteiger partial charge in [0.2, 0.25) is 0 Å². The molecular formula is C15H27N3O2. The van der Waals surface area contributed by atoms with Crippen LogP contribution in [-0.4, -0.2) is 36.3 Å². The highest BCUT2D eigenvalue weighted by atomic mass is 16.5. The van der Waals surface area contributed by atoms with Gasteiger partial charge in [0.15, 0.2) is 0 Å². The van der Waals surface area contributed by atoms with Crippen molar-refractivity contribution in [1.29, 1.82) is 0 Å². The van der Waals surface area contributed by atoms with E-state index in [4.69, 9.17) is 9.15 Å². The Morgan fingerprint density at radius 2 is 2.30 bits per heavy atom. The summed E-state index contributed by atoms with van der Waals surface area (Å²) in [5.74, 6) is 0. The Labute approximate surface area is 121 Å². The van der Waals surface area contributed by atoms with Crippen molar-refractivity contribution in [3.8, 4) is 0 Å². The summed E-state index contributed by atoms with van der Waals surface area (Å²) < 4.78 is 11.3. The Morgan fingerprint density at radius 3 is 3.00 bits per heavy atom. The number of oxazole rings is 1. The van der Waals surface area contributed by atoms with Crippen LogP contribution < -0.4 is 10.2 Å². The molecule has 1 aromatic rings. The molecule has 2 heterocycles. The van der Waals surface area contributed by atoms with Crippen molar-refractivity contribution < 1.29 is 9.15 Å². The second-order valence-electron chi connectivity index (χ2n) is 6.39. The van der Waals surface area contributed by atoms with Gasteiger partial charge in [-0.15, -0.1) is 0 Å². The smallest absolute Gasteiger partial charge is 0.297 e. The predicted octanol–water partition coefficient (Wildman–Crippen LogP) is 2.57. The molecular weight excluding hydrogens is 254 g/mol. The van der Waals surface area contributed by atoms with Gasteiger partial charge in [0.25, 0.3) is 6.01 Å². The predicted molar refractivity (Wildman–Crippen MR) is 80.0 cm³/mol. The van der Waals surface area contributed by atoms with Crippen LogP contribution in [0.15, 0.2) is 10.7 Å². The molecule has 0 aromatic carbocycles. The zero-order chi connectivity index (χ0) is 14.6. The Bertz CT molecular complexity index is 409. The van der Waals surface area contributed by atoms with Crippen molar-refractivity contribution in [2.75, 3.05) is 24.6 Å². The van der Waals surface area contributed by atoms with Crippen molar-refractivity contribution in [2.24, 2.45) is 0 Å². The van der Waals surface area contributed by atoms with Crippen molar-refractivity contribution >= 4 is 6.01 Å². The van der Waals surface area contributed by atoms with Gasteiger partial charge in [-0.2, -0.15) is 4.98 Å². The van der Waals surface area contributed by atoms with Crippen molar-refractivity contribution in [3.05, 3.63) is 12.0 Å². The van der Waals surface area contributed by atoms with E-state index in [1.807, 2.05) is 6.92 Å². The lowest BCUT2D eigenvalue weighted by Crippen LogP contribution is -2.40. The molecule has 0 radical (unpaired) electrons. The first-order valence-electron chi connectivity index (χ1n) is 7.54. The molecule has 114 valence electrons. The van der Waals surface area contributed by atoms with Gasteiger partial charge in [-0.3, -0.25) is 0 Å². The van der Waals surface area contributed by atoms with Crippen molar-refractivity contribution in [1.82, 2.24) is 10.3 Å². The van der Waals surface area contributed by atoms with E-state index in [0.29, 0.717) is 6.10 Å². The van der Waals surface area contributed by atoms with Gasteiger partial charge in [0.05, 0.1) is 11.8 Å². The van der Waals surface area contributed by atoms with Gasteiger partial charge in [-0.1, -0.05) is 0 Å². The average Bonchev–Trinajstić information content (AvgIpc) is 2.85. The normalized spacial score (nSPS) is 20.4. The molecule has 0 aliphatic carbocycles. The number of hydrogen-bond donors (Lipinski definition) is 1. The molecule has 0 bridgehead atoms. The first-order chi connectivity index (χ1) is 9.48. The van der Waals surface area contributed by atoms with Gasteiger partial charge in [-0.05, 0) is 40.5 Å². The first-order valence-corrected chi connectivity index (χ1v) is 7.54. The second kappa shape index (κ2) is 6.59. The Morgan fingerprint density at radius 1 is 1.50 bits per heavy atom. The summed E-state index contributed by atoms with van der Waals surface area (Å²) in [7, 11) is 0. The van der Waals surface area contributed by atoms with Crippen LogP contribution in [0, 0.1) is 0 Å². The van der Waals surface area contributed by atoms with Crippen LogP contribution in [0.2, 0.25) is 0 Å². The number of nitrogens with one attached hydrogen (secondary N) is 1. The molecule has 0 amide bonds. The maximum Gasteiger partial charge on any atom is 0.297 e. The summed E-state index contributed by atoms with van der Waals surface area (Å²) in [5.41, 5.74) is 1.04. The van der Waals surface area contributed by atoms with E-state index >= 15 is 0 Å². The summed E-state index contributed by atoms with van der Waals surface area (Å²) in [6, 6.07) is 0.722. The zero-order valence-electron chi connectivity index (χ0n) is 13.1. The quantitative estimate of drug-likeness (QED) is 0.899. The summed E-state index contributed by atoms with van der Waals surface area (Å²) in [6.45, 7) is 11.8. The minimum absolute atomic E-state index is 0.0876. The maximum atomic E-state index is 5.71. The molecule has 0 saturated carbocycles. The highest BCUT2D eigenvalue weighted by Crippen LogP contribution is 2.21. The van der Waals surface area contributed by atoms with Crippen LogP contribution in [-0.2, 0) is 11.3 Å². The Balaban J connectivity index is 1.91. The lowest BCUT2D eigenvalue weighted by molar-refractivity contribution is 0.0516. The molecule has 2 rings (SSSR count). The van der Waals surface area contributed by atoms with E-state index in [-0.39, 0.29) is 5.54 Å². The average molecular weight is 281 g/mol. The third kappa shape index (κ3) is 4.49. The molecule has 5 heteroatoms. The number of piperidine rings is 1. The summed E-state index contributed by atoms with van der Waals surface area (Å²) >= 11 is 0. The minimum Gasteiger partial charge on any atom is -0.432 e. The van der Waals surface area contributed by atoms with Gasteiger partial charge in [0, 0.05) is 31.8 Å². The fourth-order valence-corrected chi connectivity index (χ4v) is 2.36. The van der Waals surface area contributed by atoms with Gasteiger partial charge in [0.1, 0.15) is 6.26 Å². The fraction of sp³-hybridized carbons (Fsp3) is 0.800. The number of aromatic nitrogens is 1. The summed E-state index contributed by atoms with van der Waals surface area (Å²) in [5, 5.41) is 3.42. The molecule has 5 nitrogen and oxygen atoms in total. The van der Waals surface area contributed by atoms with Crippen LogP contribution >= 0.6 is 0 Å². The molecule has 0 spiro atoms. The molecule has 1 saturated heterocycles. The highest BCUT2D eigenvalue weighted by Gasteiger charge is 2.23. The summed E-state index contributed by atoms with van der Waals surface area (Å²) in [6.07, 6.45) is 4.31. The maximum absolute atomic E-state index is 5.71. The molecule has 1 N–H and O–H groups in total. The molecule has 1 aliphatic heterocycles. The fourth-order valence-electron chi connectivity index (χ4n) is 2.36. The van der Waals surface area contributed by atoms with Crippen molar-refractivity contribution in [3.63, 3.8) is 0 Å². The van der Waals surface area contributed by atoms with Crippen LogP contribution in [0.25, 0.3) is 0 Å². The summed E-state index contributed by atoms with van der Waals surface area (Å²) in [4.78, 5) is 6.76. The van der Waals surface area contributed by atoms with E-state index in [1.54, 1.807) is 6.26 Å². The second-order valence-corrected chi connectivity index (χ2v) is 6.39. The van der Waals surface area contributed by atoms with E-state index in [0.717, 1.165) is 50.8 Å². The molecule has 1 atom stereocenters. The molecule has 1 fully saturated rings. The molecule has 1 unspecified atom stereocenters. The molecule has 1 aromatic heterocycles. The lowest BCUT2D eigenvalue weighted by Gasteiger charge is -2.31. The third-order valence-corrected chi connectivity index (χ3v) is 3.39. The third-order valence-electron chi connectivity index (χ3n) is 3.39. The number of hydrogen-bond acceptors (Lipinski definition) is 5. The SMILES string of the molecule is CCOC1CCCN(c2nc(CNC(C)(C)C)co2)C1. The zero-order valence-corrected chi connectivity index (χ0v) is 13.1. The van der Waals surface area contributed by atoms with Crippen molar-refractivity contribution in [2.45, 2.75) is 58.7 Å². The van der Waals surface area contributed by atoms with Crippen LogP contribution in [0.5, 0.6) is 0 Å². The lowest BCUT2D eigenvalue weighted by atomic mass is 10.1. The van der Waals surface area contributed by atoms with E-state index in [1.165, 1.54) is 0 Å². The van der Waals surface area contributed by atoms with Gasteiger partial charge in [-0.25, -0.2) is 0 Å². The van der Waals surface area contributed by atoms with Gasteiger partial charge < -0.3 is 19.4 Å². The number of rotatable bonds is 5. The largest absolute Gasteiger partial charge is 0.432 e. The van der Waals surface area contributed by atoms with E-state index in [9.17, 15) is 0 Å². The standard InChI is InChI=1S/C15H27N3O2/c1-5-19-13-7-6-8-18(10-13)14-17-12(11-20-14)9-16-15(2,3)4/h11,13,16H,5-10H2,1-4H3. The monoisotopic (exact) mass is 281 g/mol. The van der Waals surface area contributed by atoms with E-state index < -0.39 is 0 Å². The van der Waals surface area contributed by atoms with Crippen LogP contribution in [0.4, 0.5) is 6.01 Å². The number of anilines is 1. The Hall–Kier alpha value is -1.07. The van der Waals surface area contributed by atoms with Crippen LogP contribution in [0.3, 0.4) is 0 Å². The van der Waals surface area contributed by atoms with Gasteiger partial charge >= 0.3 is 0 Å². The Kier molecular flexibility index (Phi) is 5.05. The topological polar surface area (TPSA) is 50.5 Å². The minimum atomic E-state index is 0.0876.